The molecular formula is C15H19N3O3S. The van der Waals surface area contributed by atoms with E-state index >= 15 is 0 Å². The average Bonchev–Trinajstić information content (AvgIpc) is 2.49. The average molecular weight is 321 g/mol. The minimum Gasteiger partial charge on any atom is -0.495 e. The second kappa shape index (κ2) is 6.25. The van der Waals surface area contributed by atoms with Crippen molar-refractivity contribution in [1.82, 2.24) is 4.31 Å². The number of anilines is 3. The molecule has 6 nitrogen and oxygen atoms in total. The largest absolute Gasteiger partial charge is 0.495 e. The van der Waals surface area contributed by atoms with Crippen molar-refractivity contribution < 1.29 is 13.2 Å². The van der Waals surface area contributed by atoms with Gasteiger partial charge in [-0.2, -0.15) is 0 Å². The van der Waals surface area contributed by atoms with Crippen molar-refractivity contribution in [2.75, 3.05) is 32.3 Å². The maximum atomic E-state index is 12.1. The van der Waals surface area contributed by atoms with Gasteiger partial charge in [0, 0.05) is 14.1 Å². The standard InChI is InChI=1S/C15H19N3O3S/c1-18(2)22(19,20)11-8-9-13(12(16)10-11)17-14-6-4-5-7-15(14)21-3/h4-10,17H,16H2,1-3H3. The molecule has 0 amide bonds. The Hall–Kier alpha value is -2.25. The van der Waals surface area contributed by atoms with Crippen LogP contribution in [0.1, 0.15) is 0 Å². The zero-order valence-corrected chi connectivity index (χ0v) is 13.5. The lowest BCUT2D eigenvalue weighted by Gasteiger charge is -2.15. The van der Waals surface area contributed by atoms with Gasteiger partial charge in [-0.1, -0.05) is 12.1 Å². The molecule has 0 aliphatic heterocycles. The molecule has 0 atom stereocenters. The molecule has 2 aromatic carbocycles. The summed E-state index contributed by atoms with van der Waals surface area (Å²) in [5.41, 5.74) is 7.68. The molecule has 7 heteroatoms. The van der Waals surface area contributed by atoms with Crippen LogP contribution in [0.25, 0.3) is 0 Å². The normalized spacial score (nSPS) is 11.5. The summed E-state index contributed by atoms with van der Waals surface area (Å²) in [6, 6.07) is 12.0. The zero-order valence-electron chi connectivity index (χ0n) is 12.7. The first-order valence-corrected chi connectivity index (χ1v) is 8.02. The van der Waals surface area contributed by atoms with Gasteiger partial charge in [0.2, 0.25) is 10.0 Å². The highest BCUT2D eigenvalue weighted by atomic mass is 32.2. The van der Waals surface area contributed by atoms with E-state index in [1.165, 1.54) is 26.2 Å². The highest BCUT2D eigenvalue weighted by molar-refractivity contribution is 7.89. The van der Waals surface area contributed by atoms with Gasteiger partial charge in [-0.15, -0.1) is 0 Å². The molecule has 0 heterocycles. The summed E-state index contributed by atoms with van der Waals surface area (Å²) in [7, 11) is 1.04. The highest BCUT2D eigenvalue weighted by Crippen LogP contribution is 2.31. The fraction of sp³-hybridized carbons (Fsp3) is 0.200. The van der Waals surface area contributed by atoms with Crippen molar-refractivity contribution in [2.45, 2.75) is 4.90 Å². The van der Waals surface area contributed by atoms with E-state index < -0.39 is 10.0 Å². The summed E-state index contributed by atoms with van der Waals surface area (Å²) in [5.74, 6) is 0.673. The van der Waals surface area contributed by atoms with Gasteiger partial charge in [0.1, 0.15) is 5.75 Å². The Labute approximate surface area is 130 Å². The first-order chi connectivity index (χ1) is 10.4. The summed E-state index contributed by atoms with van der Waals surface area (Å²) >= 11 is 0. The van der Waals surface area contributed by atoms with Gasteiger partial charge in [0.25, 0.3) is 0 Å². The number of nitrogens with two attached hydrogens (primary N) is 1. The molecular weight excluding hydrogens is 302 g/mol. The SMILES string of the molecule is COc1ccccc1Nc1ccc(S(=O)(=O)N(C)C)cc1N. The predicted octanol–water partition coefficient (Wildman–Crippen LogP) is 2.27. The van der Waals surface area contributed by atoms with Gasteiger partial charge in [-0.3, -0.25) is 0 Å². The van der Waals surface area contributed by atoms with Gasteiger partial charge in [-0.05, 0) is 30.3 Å². The van der Waals surface area contributed by atoms with E-state index in [4.69, 9.17) is 10.5 Å². The maximum Gasteiger partial charge on any atom is 0.242 e. The lowest BCUT2D eigenvalue weighted by Crippen LogP contribution is -2.22. The minimum atomic E-state index is -3.50. The van der Waals surface area contributed by atoms with Crippen molar-refractivity contribution in [2.24, 2.45) is 0 Å². The Morgan fingerprint density at radius 3 is 2.36 bits per heavy atom. The third-order valence-electron chi connectivity index (χ3n) is 3.18. The number of hydrogen-bond donors (Lipinski definition) is 2. The topological polar surface area (TPSA) is 84.7 Å². The molecule has 0 bridgehead atoms. The number of ether oxygens (including phenoxy) is 1. The van der Waals surface area contributed by atoms with Gasteiger partial charge < -0.3 is 15.8 Å². The molecule has 0 unspecified atom stereocenters. The van der Waals surface area contributed by atoms with E-state index in [1.54, 1.807) is 13.2 Å². The van der Waals surface area contributed by atoms with Crippen molar-refractivity contribution in [1.29, 1.82) is 0 Å². The van der Waals surface area contributed by atoms with Crippen LogP contribution in [0.2, 0.25) is 0 Å². The fourth-order valence-corrected chi connectivity index (χ4v) is 2.86. The molecule has 0 spiro atoms. The molecule has 0 aliphatic carbocycles. The Balaban J connectivity index is 2.35. The Bertz CT molecular complexity index is 773. The Kier molecular flexibility index (Phi) is 4.58. The number of benzene rings is 2. The van der Waals surface area contributed by atoms with Crippen LogP contribution in [0.5, 0.6) is 5.75 Å². The molecule has 0 saturated heterocycles. The van der Waals surface area contributed by atoms with Crippen LogP contribution < -0.4 is 15.8 Å². The molecule has 0 saturated carbocycles. The number of nitrogens with zero attached hydrogens (tertiary/aromatic N) is 1. The monoisotopic (exact) mass is 321 g/mol. The smallest absolute Gasteiger partial charge is 0.242 e. The molecule has 0 fully saturated rings. The second-order valence-corrected chi connectivity index (χ2v) is 7.01. The first-order valence-electron chi connectivity index (χ1n) is 6.58. The number of para-hydroxylation sites is 2. The van der Waals surface area contributed by atoms with Gasteiger partial charge >= 0.3 is 0 Å². The van der Waals surface area contributed by atoms with Crippen LogP contribution in [0.4, 0.5) is 17.1 Å². The van der Waals surface area contributed by atoms with Crippen LogP contribution in [-0.4, -0.2) is 33.9 Å². The van der Waals surface area contributed by atoms with E-state index in [9.17, 15) is 8.42 Å². The van der Waals surface area contributed by atoms with Crippen LogP contribution in [0.15, 0.2) is 47.4 Å². The molecule has 2 rings (SSSR count). The van der Waals surface area contributed by atoms with E-state index in [0.717, 1.165) is 9.99 Å². The summed E-state index contributed by atoms with van der Waals surface area (Å²) in [5, 5.41) is 3.14. The van der Waals surface area contributed by atoms with Crippen molar-refractivity contribution >= 4 is 27.1 Å². The number of nitrogen functional groups attached to an aromatic ring is 1. The third-order valence-corrected chi connectivity index (χ3v) is 4.99. The Morgan fingerprint density at radius 1 is 1.09 bits per heavy atom. The minimum absolute atomic E-state index is 0.153. The number of hydrogen-bond acceptors (Lipinski definition) is 5. The maximum absolute atomic E-state index is 12.1. The molecule has 0 aliphatic rings. The van der Waals surface area contributed by atoms with Crippen molar-refractivity contribution in [3.05, 3.63) is 42.5 Å². The summed E-state index contributed by atoms with van der Waals surface area (Å²) in [4.78, 5) is 0.153. The third kappa shape index (κ3) is 3.15. The molecule has 118 valence electrons. The molecule has 0 aromatic heterocycles. The molecule has 0 radical (unpaired) electrons. The van der Waals surface area contributed by atoms with Crippen LogP contribution in [0.3, 0.4) is 0 Å². The number of rotatable bonds is 5. The summed E-state index contributed by atoms with van der Waals surface area (Å²) < 4.78 is 30.6. The Morgan fingerprint density at radius 2 is 1.77 bits per heavy atom. The summed E-state index contributed by atoms with van der Waals surface area (Å²) in [6.45, 7) is 0. The van der Waals surface area contributed by atoms with Crippen LogP contribution in [-0.2, 0) is 10.0 Å². The van der Waals surface area contributed by atoms with Crippen LogP contribution in [0, 0.1) is 0 Å². The van der Waals surface area contributed by atoms with Gasteiger partial charge in [0.05, 0.1) is 29.1 Å². The van der Waals surface area contributed by atoms with Gasteiger partial charge in [0.15, 0.2) is 0 Å². The summed E-state index contributed by atoms with van der Waals surface area (Å²) in [6.07, 6.45) is 0. The number of sulfonamides is 1. The molecule has 3 N–H and O–H groups in total. The number of methoxy groups -OCH3 is 1. The van der Waals surface area contributed by atoms with E-state index in [-0.39, 0.29) is 4.90 Å². The zero-order chi connectivity index (χ0) is 16.3. The van der Waals surface area contributed by atoms with Crippen molar-refractivity contribution in [3.8, 4) is 5.75 Å². The van der Waals surface area contributed by atoms with E-state index in [1.807, 2.05) is 24.3 Å². The van der Waals surface area contributed by atoms with Crippen molar-refractivity contribution in [3.63, 3.8) is 0 Å². The first kappa shape index (κ1) is 16.1. The lowest BCUT2D eigenvalue weighted by molar-refractivity contribution is 0.417. The second-order valence-electron chi connectivity index (χ2n) is 4.86. The van der Waals surface area contributed by atoms with Crippen LogP contribution >= 0.6 is 0 Å². The molecule has 2 aromatic rings. The van der Waals surface area contributed by atoms with E-state index in [0.29, 0.717) is 17.1 Å². The van der Waals surface area contributed by atoms with Gasteiger partial charge in [-0.25, -0.2) is 12.7 Å². The van der Waals surface area contributed by atoms with E-state index in [2.05, 4.69) is 5.32 Å². The lowest BCUT2D eigenvalue weighted by atomic mass is 10.2. The predicted molar refractivity (Wildman–Crippen MR) is 88.0 cm³/mol. The fourth-order valence-electron chi connectivity index (χ4n) is 1.92. The quantitative estimate of drug-likeness (QED) is 0.825. The molecule has 22 heavy (non-hydrogen) atoms. The highest BCUT2D eigenvalue weighted by Gasteiger charge is 2.18. The number of nitrogens with one attached hydrogen (secondary N) is 1.